The van der Waals surface area contributed by atoms with E-state index < -0.39 is 21.4 Å². The largest absolute Gasteiger partial charge is 0.478 e. The summed E-state index contributed by atoms with van der Waals surface area (Å²) in [5.41, 5.74) is -1.51. The lowest BCUT2D eigenvalue weighted by Gasteiger charge is -2.23. The molecule has 27 heavy (non-hydrogen) atoms. The van der Waals surface area contributed by atoms with E-state index in [1.54, 1.807) is 0 Å². The fraction of sp³-hybridized carbons (Fsp3) is 0.278. The Balaban J connectivity index is 2.40. The standard InChI is InChI=1S/C18H18Cl2O6S/c1-4-27(23,24)12-6-8-14(13(20)10-12)25-16-9-11(19)5-7-15(16)26-18(2,3)17(21)22/h5-10H,4H2,1-3H3,(H,21,22). The summed E-state index contributed by atoms with van der Waals surface area (Å²) in [4.78, 5) is 11.4. The van der Waals surface area contributed by atoms with Crippen LogP contribution in [0.5, 0.6) is 17.2 Å². The molecular weight excluding hydrogens is 415 g/mol. The molecule has 0 fully saturated rings. The number of hydrogen-bond acceptors (Lipinski definition) is 5. The van der Waals surface area contributed by atoms with Crippen LogP contribution in [0.1, 0.15) is 20.8 Å². The molecule has 9 heteroatoms. The Morgan fingerprint density at radius 2 is 1.70 bits per heavy atom. The number of benzene rings is 2. The van der Waals surface area contributed by atoms with Crippen LogP contribution in [-0.2, 0) is 14.6 Å². The van der Waals surface area contributed by atoms with Gasteiger partial charge in [0.2, 0.25) is 0 Å². The molecule has 0 radical (unpaired) electrons. The van der Waals surface area contributed by atoms with Crippen molar-refractivity contribution in [2.24, 2.45) is 0 Å². The molecule has 0 bridgehead atoms. The summed E-state index contributed by atoms with van der Waals surface area (Å²) in [5.74, 6) is -0.749. The average Bonchev–Trinajstić information content (AvgIpc) is 2.58. The Labute approximate surface area is 167 Å². The number of ether oxygens (including phenoxy) is 2. The summed E-state index contributed by atoms with van der Waals surface area (Å²) in [6, 6.07) is 8.54. The first kappa shape index (κ1) is 21.3. The molecule has 0 aliphatic heterocycles. The van der Waals surface area contributed by atoms with E-state index in [1.165, 1.54) is 57.2 Å². The normalized spacial score (nSPS) is 11.9. The Bertz CT molecular complexity index is 970. The summed E-state index contributed by atoms with van der Waals surface area (Å²) in [6.07, 6.45) is 0. The van der Waals surface area contributed by atoms with Crippen molar-refractivity contribution in [1.82, 2.24) is 0 Å². The van der Waals surface area contributed by atoms with E-state index in [1.807, 2.05) is 0 Å². The van der Waals surface area contributed by atoms with Crippen LogP contribution in [0.15, 0.2) is 41.3 Å². The minimum Gasteiger partial charge on any atom is -0.478 e. The molecule has 2 aromatic carbocycles. The van der Waals surface area contributed by atoms with Gasteiger partial charge in [-0.25, -0.2) is 13.2 Å². The maximum absolute atomic E-state index is 11.9. The molecule has 6 nitrogen and oxygen atoms in total. The molecule has 0 amide bonds. The summed E-state index contributed by atoms with van der Waals surface area (Å²) in [7, 11) is -3.41. The predicted octanol–water partition coefficient (Wildman–Crippen LogP) is 4.82. The van der Waals surface area contributed by atoms with Gasteiger partial charge in [0.15, 0.2) is 26.9 Å². The highest BCUT2D eigenvalue weighted by Gasteiger charge is 2.30. The lowest BCUT2D eigenvalue weighted by molar-refractivity contribution is -0.152. The molecule has 0 saturated heterocycles. The molecule has 0 aliphatic carbocycles. The van der Waals surface area contributed by atoms with Crippen molar-refractivity contribution in [3.05, 3.63) is 46.4 Å². The number of carbonyl (C=O) groups is 1. The minimum absolute atomic E-state index is 0.0555. The fourth-order valence-electron chi connectivity index (χ4n) is 2.01. The van der Waals surface area contributed by atoms with Gasteiger partial charge >= 0.3 is 5.97 Å². The third-order valence-corrected chi connectivity index (χ3v) is 5.91. The van der Waals surface area contributed by atoms with Gasteiger partial charge in [-0.15, -0.1) is 0 Å². The lowest BCUT2D eigenvalue weighted by Crippen LogP contribution is -2.37. The molecule has 0 spiro atoms. The van der Waals surface area contributed by atoms with Crippen molar-refractivity contribution in [2.45, 2.75) is 31.3 Å². The molecule has 0 heterocycles. The van der Waals surface area contributed by atoms with Gasteiger partial charge in [0, 0.05) is 11.1 Å². The smallest absolute Gasteiger partial charge is 0.347 e. The van der Waals surface area contributed by atoms with Crippen LogP contribution in [0.4, 0.5) is 0 Å². The van der Waals surface area contributed by atoms with Crippen LogP contribution in [-0.4, -0.2) is 30.8 Å². The lowest BCUT2D eigenvalue weighted by atomic mass is 10.1. The SMILES string of the molecule is CCS(=O)(=O)c1ccc(Oc2cc(Cl)ccc2OC(C)(C)C(=O)O)c(Cl)c1. The average molecular weight is 433 g/mol. The van der Waals surface area contributed by atoms with Crippen LogP contribution >= 0.6 is 23.2 Å². The quantitative estimate of drug-likeness (QED) is 0.673. The molecule has 1 N–H and O–H groups in total. The summed E-state index contributed by atoms with van der Waals surface area (Å²) in [5, 5.41) is 9.66. The third-order valence-electron chi connectivity index (χ3n) is 3.65. The van der Waals surface area contributed by atoms with Crippen molar-refractivity contribution in [3.8, 4) is 17.2 Å². The zero-order chi connectivity index (χ0) is 20.4. The highest BCUT2D eigenvalue weighted by molar-refractivity contribution is 7.91. The maximum atomic E-state index is 11.9. The van der Waals surface area contributed by atoms with E-state index in [0.717, 1.165) is 0 Å². The molecular formula is C18H18Cl2O6S. The number of halogens is 2. The fourth-order valence-corrected chi connectivity index (χ4v) is 3.36. The number of sulfone groups is 1. The van der Waals surface area contributed by atoms with Gasteiger partial charge in [0.1, 0.15) is 5.75 Å². The number of carboxylic acids is 1. The predicted molar refractivity (Wildman–Crippen MR) is 103 cm³/mol. The molecule has 2 aromatic rings. The van der Waals surface area contributed by atoms with Gasteiger partial charge in [-0.2, -0.15) is 0 Å². The van der Waals surface area contributed by atoms with Crippen molar-refractivity contribution < 1.29 is 27.8 Å². The number of aliphatic carboxylic acids is 1. The van der Waals surface area contributed by atoms with Crippen molar-refractivity contribution in [1.29, 1.82) is 0 Å². The summed E-state index contributed by atoms with van der Waals surface area (Å²) in [6.45, 7) is 4.32. The van der Waals surface area contributed by atoms with Crippen molar-refractivity contribution in [3.63, 3.8) is 0 Å². The van der Waals surface area contributed by atoms with E-state index in [2.05, 4.69) is 0 Å². The van der Waals surface area contributed by atoms with Gasteiger partial charge in [0.25, 0.3) is 0 Å². The minimum atomic E-state index is -3.41. The molecule has 146 valence electrons. The van der Waals surface area contributed by atoms with Gasteiger partial charge in [-0.3, -0.25) is 0 Å². The highest BCUT2D eigenvalue weighted by atomic mass is 35.5. The second-order valence-electron chi connectivity index (χ2n) is 6.11. The molecule has 0 aromatic heterocycles. The topological polar surface area (TPSA) is 89.9 Å². The molecule has 0 unspecified atom stereocenters. The van der Waals surface area contributed by atoms with E-state index in [-0.39, 0.29) is 32.9 Å². The Morgan fingerprint density at radius 1 is 1.07 bits per heavy atom. The van der Waals surface area contributed by atoms with Gasteiger partial charge < -0.3 is 14.6 Å². The van der Waals surface area contributed by atoms with Crippen LogP contribution in [0.3, 0.4) is 0 Å². The van der Waals surface area contributed by atoms with Gasteiger partial charge in [-0.1, -0.05) is 30.1 Å². The van der Waals surface area contributed by atoms with E-state index in [0.29, 0.717) is 5.02 Å². The number of hydrogen-bond donors (Lipinski definition) is 1. The van der Waals surface area contributed by atoms with E-state index in [9.17, 15) is 18.3 Å². The zero-order valence-corrected chi connectivity index (χ0v) is 17.2. The first-order chi connectivity index (χ1) is 12.5. The monoisotopic (exact) mass is 432 g/mol. The maximum Gasteiger partial charge on any atom is 0.347 e. The molecule has 2 rings (SSSR count). The van der Waals surface area contributed by atoms with Crippen LogP contribution in [0, 0.1) is 0 Å². The van der Waals surface area contributed by atoms with E-state index >= 15 is 0 Å². The van der Waals surface area contributed by atoms with Gasteiger partial charge in [0.05, 0.1) is 15.7 Å². The molecule has 0 saturated carbocycles. The zero-order valence-electron chi connectivity index (χ0n) is 14.8. The molecule has 0 aliphatic rings. The Kier molecular flexibility index (Phi) is 6.29. The summed E-state index contributed by atoms with van der Waals surface area (Å²) < 4.78 is 35.2. The highest BCUT2D eigenvalue weighted by Crippen LogP contribution is 2.39. The van der Waals surface area contributed by atoms with Crippen LogP contribution in [0.25, 0.3) is 0 Å². The third kappa shape index (κ3) is 5.06. The Morgan fingerprint density at radius 3 is 2.26 bits per heavy atom. The number of carboxylic acid groups (broad SMARTS) is 1. The van der Waals surface area contributed by atoms with Crippen molar-refractivity contribution in [2.75, 3.05) is 5.75 Å². The first-order valence-electron chi connectivity index (χ1n) is 7.88. The van der Waals surface area contributed by atoms with Crippen LogP contribution < -0.4 is 9.47 Å². The molecule has 0 atom stereocenters. The Hall–Kier alpha value is -1.96. The second-order valence-corrected chi connectivity index (χ2v) is 9.23. The second kappa shape index (κ2) is 7.96. The van der Waals surface area contributed by atoms with E-state index in [4.69, 9.17) is 32.7 Å². The van der Waals surface area contributed by atoms with Crippen molar-refractivity contribution >= 4 is 39.0 Å². The van der Waals surface area contributed by atoms with Gasteiger partial charge in [-0.05, 0) is 44.2 Å². The van der Waals surface area contributed by atoms with Crippen LogP contribution in [0.2, 0.25) is 10.0 Å². The number of rotatable bonds is 7. The first-order valence-corrected chi connectivity index (χ1v) is 10.3. The summed E-state index contributed by atoms with van der Waals surface area (Å²) >= 11 is 12.2.